The fourth-order valence-corrected chi connectivity index (χ4v) is 4.56. The number of nitrogens with zero attached hydrogens (tertiary/aromatic N) is 5. The first-order valence-corrected chi connectivity index (χ1v) is 12.5. The molecule has 0 aliphatic carbocycles. The molecule has 1 atom stereocenters. The first kappa shape index (κ1) is 27.4. The van der Waals surface area contributed by atoms with Crippen molar-refractivity contribution in [2.75, 3.05) is 26.7 Å². The average Bonchev–Trinajstić information content (AvgIpc) is 2.95. The minimum Gasteiger partial charge on any atom is -0.465 e. The molecular weight excluding hydrogens is 502 g/mol. The summed E-state index contributed by atoms with van der Waals surface area (Å²) in [6.07, 6.45) is 0. The van der Waals surface area contributed by atoms with Gasteiger partial charge < -0.3 is 14.5 Å². The molecule has 0 radical (unpaired) electrons. The minimum atomic E-state index is -0.693. The summed E-state index contributed by atoms with van der Waals surface area (Å²) in [7, 11) is 1.25. The Hall–Kier alpha value is -4.67. The van der Waals surface area contributed by atoms with Gasteiger partial charge in [-0.15, -0.1) is 0 Å². The highest BCUT2D eigenvalue weighted by molar-refractivity contribution is 6.05. The molecule has 3 aromatic rings. The summed E-state index contributed by atoms with van der Waals surface area (Å²) in [5.41, 5.74) is 1.34. The van der Waals surface area contributed by atoms with Crippen LogP contribution >= 0.6 is 0 Å². The van der Waals surface area contributed by atoms with Gasteiger partial charge in [-0.2, -0.15) is 0 Å². The molecule has 39 heavy (non-hydrogen) atoms. The molecule has 1 unspecified atom stereocenters. The van der Waals surface area contributed by atoms with Crippen LogP contribution in [-0.4, -0.2) is 75.3 Å². The van der Waals surface area contributed by atoms with Gasteiger partial charge in [0.15, 0.2) is 5.82 Å². The Kier molecular flexibility index (Phi) is 7.99. The van der Waals surface area contributed by atoms with Crippen molar-refractivity contribution in [2.45, 2.75) is 32.7 Å². The van der Waals surface area contributed by atoms with Crippen molar-refractivity contribution < 1.29 is 24.0 Å². The zero-order valence-electron chi connectivity index (χ0n) is 22.2. The van der Waals surface area contributed by atoms with Crippen LogP contribution < -0.4 is 0 Å². The summed E-state index contributed by atoms with van der Waals surface area (Å²) in [5, 5.41) is 10.9. The van der Waals surface area contributed by atoms with E-state index in [1.165, 1.54) is 31.4 Å². The van der Waals surface area contributed by atoms with Crippen LogP contribution in [-0.2, 0) is 4.74 Å². The van der Waals surface area contributed by atoms with Gasteiger partial charge in [-0.1, -0.05) is 44.2 Å². The van der Waals surface area contributed by atoms with Crippen molar-refractivity contribution in [1.82, 2.24) is 19.8 Å². The largest absolute Gasteiger partial charge is 0.465 e. The quantitative estimate of drug-likeness (QED) is 0.265. The summed E-state index contributed by atoms with van der Waals surface area (Å²) in [4.78, 5) is 62.6. The van der Waals surface area contributed by atoms with E-state index in [1.54, 1.807) is 9.80 Å². The lowest BCUT2D eigenvalue weighted by Crippen LogP contribution is -2.55. The number of piperazine rings is 1. The van der Waals surface area contributed by atoms with Crippen molar-refractivity contribution >= 4 is 23.5 Å². The van der Waals surface area contributed by atoms with Crippen molar-refractivity contribution in [1.29, 1.82) is 0 Å². The highest BCUT2D eigenvalue weighted by Gasteiger charge is 2.35. The Morgan fingerprint density at radius 3 is 2.23 bits per heavy atom. The van der Waals surface area contributed by atoms with E-state index in [1.807, 2.05) is 51.1 Å². The molecule has 202 valence electrons. The second-order valence-electron chi connectivity index (χ2n) is 9.57. The van der Waals surface area contributed by atoms with Crippen LogP contribution in [0.1, 0.15) is 63.6 Å². The van der Waals surface area contributed by atoms with E-state index in [0.29, 0.717) is 22.6 Å². The van der Waals surface area contributed by atoms with Gasteiger partial charge in [-0.3, -0.25) is 19.7 Å². The maximum atomic E-state index is 13.9. The molecule has 1 aliphatic heterocycles. The van der Waals surface area contributed by atoms with Crippen LogP contribution in [0.5, 0.6) is 0 Å². The molecule has 2 heterocycles. The number of carbonyl (C=O) groups excluding carboxylic acids is 3. The molecule has 1 fully saturated rings. The van der Waals surface area contributed by atoms with Gasteiger partial charge in [-0.05, 0) is 25.0 Å². The average molecular weight is 532 g/mol. The number of hydrogen-bond acceptors (Lipinski definition) is 8. The number of esters is 1. The lowest BCUT2D eigenvalue weighted by atomic mass is 10.00. The van der Waals surface area contributed by atoms with Crippen molar-refractivity contribution in [3.63, 3.8) is 0 Å². The molecule has 2 amide bonds. The van der Waals surface area contributed by atoms with Crippen LogP contribution in [0, 0.1) is 10.1 Å². The number of nitro benzene ring substituents is 1. The molecule has 1 saturated heterocycles. The molecular formula is C28H29N5O6. The van der Waals surface area contributed by atoms with E-state index in [2.05, 4.69) is 9.97 Å². The summed E-state index contributed by atoms with van der Waals surface area (Å²) in [6, 6.07) is 14.3. The van der Waals surface area contributed by atoms with E-state index in [-0.39, 0.29) is 54.4 Å². The second-order valence-corrected chi connectivity index (χ2v) is 9.57. The van der Waals surface area contributed by atoms with E-state index in [4.69, 9.17) is 4.74 Å². The van der Waals surface area contributed by atoms with E-state index < -0.39 is 16.8 Å². The standard InChI is InChI=1S/C28H29N5O6/c1-17(2)23-22(28(36)39-4)24(30-25(29-23)19-8-6-5-7-9-19)27(35)31-14-15-32(18(3)16-31)26(34)20-10-12-21(13-11-20)33(37)38/h5-13,17-18H,14-16H2,1-4H3. The predicted octanol–water partition coefficient (Wildman–Crippen LogP) is 3.95. The third kappa shape index (κ3) is 5.62. The first-order valence-electron chi connectivity index (χ1n) is 12.5. The maximum Gasteiger partial charge on any atom is 0.342 e. The van der Waals surface area contributed by atoms with Crippen molar-refractivity contribution in [2.24, 2.45) is 0 Å². The van der Waals surface area contributed by atoms with Gasteiger partial charge in [0.25, 0.3) is 17.5 Å². The predicted molar refractivity (Wildman–Crippen MR) is 142 cm³/mol. The summed E-state index contributed by atoms with van der Waals surface area (Å²) in [5.74, 6) is -1.29. The Labute approximate surface area is 225 Å². The molecule has 0 bridgehead atoms. The normalized spacial score (nSPS) is 15.3. The van der Waals surface area contributed by atoms with Gasteiger partial charge in [0.1, 0.15) is 11.3 Å². The molecule has 1 aliphatic rings. The molecule has 11 nitrogen and oxygen atoms in total. The number of methoxy groups -OCH3 is 1. The molecule has 0 saturated carbocycles. The van der Waals surface area contributed by atoms with Gasteiger partial charge >= 0.3 is 5.97 Å². The number of ether oxygens (including phenoxy) is 1. The highest BCUT2D eigenvalue weighted by atomic mass is 16.6. The summed E-state index contributed by atoms with van der Waals surface area (Å²) >= 11 is 0. The third-order valence-electron chi connectivity index (χ3n) is 6.61. The van der Waals surface area contributed by atoms with Crippen LogP contribution in [0.3, 0.4) is 0 Å². The Bertz CT molecular complexity index is 1410. The third-order valence-corrected chi connectivity index (χ3v) is 6.61. The van der Waals surface area contributed by atoms with Gasteiger partial charge in [0, 0.05) is 48.9 Å². The van der Waals surface area contributed by atoms with Gasteiger partial charge in [0.05, 0.1) is 17.7 Å². The molecule has 0 N–H and O–H groups in total. The maximum absolute atomic E-state index is 13.9. The minimum absolute atomic E-state index is 0.0363. The monoisotopic (exact) mass is 531 g/mol. The topological polar surface area (TPSA) is 136 Å². The lowest BCUT2D eigenvalue weighted by molar-refractivity contribution is -0.384. The zero-order chi connectivity index (χ0) is 28.3. The van der Waals surface area contributed by atoms with Crippen LogP contribution in [0.4, 0.5) is 5.69 Å². The lowest BCUT2D eigenvalue weighted by Gasteiger charge is -2.40. The Morgan fingerprint density at radius 1 is 1.00 bits per heavy atom. The zero-order valence-corrected chi connectivity index (χ0v) is 22.2. The number of nitro groups is 1. The van der Waals surface area contributed by atoms with Gasteiger partial charge in [-0.25, -0.2) is 14.8 Å². The van der Waals surface area contributed by atoms with E-state index >= 15 is 0 Å². The number of aromatic nitrogens is 2. The molecule has 1 aromatic heterocycles. The Morgan fingerprint density at radius 2 is 1.67 bits per heavy atom. The molecule has 0 spiro atoms. The number of amides is 2. The van der Waals surface area contributed by atoms with Crippen LogP contribution in [0.25, 0.3) is 11.4 Å². The summed E-state index contributed by atoms with van der Waals surface area (Å²) < 4.78 is 5.01. The fourth-order valence-electron chi connectivity index (χ4n) is 4.56. The van der Waals surface area contributed by atoms with Crippen LogP contribution in [0.2, 0.25) is 0 Å². The van der Waals surface area contributed by atoms with E-state index in [0.717, 1.165) is 0 Å². The number of hydrogen-bond donors (Lipinski definition) is 0. The molecule has 11 heteroatoms. The number of rotatable bonds is 6. The smallest absolute Gasteiger partial charge is 0.342 e. The molecule has 4 rings (SSSR count). The van der Waals surface area contributed by atoms with Gasteiger partial charge in [0.2, 0.25) is 0 Å². The van der Waals surface area contributed by atoms with Crippen molar-refractivity contribution in [3.05, 3.63) is 87.2 Å². The second kappa shape index (κ2) is 11.4. The Balaban J connectivity index is 1.64. The highest BCUT2D eigenvalue weighted by Crippen LogP contribution is 2.27. The van der Waals surface area contributed by atoms with E-state index in [9.17, 15) is 24.5 Å². The van der Waals surface area contributed by atoms with Crippen molar-refractivity contribution in [3.8, 4) is 11.4 Å². The molecule has 2 aromatic carbocycles. The van der Waals surface area contributed by atoms with Crippen LogP contribution in [0.15, 0.2) is 54.6 Å². The number of benzene rings is 2. The SMILES string of the molecule is COC(=O)c1c(C(=O)N2CCN(C(=O)c3ccc([N+](=O)[O-])cc3)C(C)C2)nc(-c2ccccc2)nc1C(C)C. The summed E-state index contributed by atoms with van der Waals surface area (Å²) in [6.45, 7) is 6.23. The number of carbonyl (C=O) groups is 3. The fraction of sp³-hybridized carbons (Fsp3) is 0.321. The first-order chi connectivity index (χ1) is 18.6. The number of non-ortho nitro benzene ring substituents is 1.